The van der Waals surface area contributed by atoms with E-state index in [1.54, 1.807) is 19.4 Å². The van der Waals surface area contributed by atoms with Gasteiger partial charge in [0.25, 0.3) is 0 Å². The highest BCUT2D eigenvalue weighted by molar-refractivity contribution is 5.68. The summed E-state index contributed by atoms with van der Waals surface area (Å²) in [4.78, 5) is 4.30. The van der Waals surface area contributed by atoms with Crippen LogP contribution in [0.15, 0.2) is 24.5 Å². The average Bonchev–Trinajstić information content (AvgIpc) is 2.86. The highest BCUT2D eigenvalue weighted by atomic mass is 19.1. The van der Waals surface area contributed by atoms with Gasteiger partial charge in [0.1, 0.15) is 17.5 Å². The number of rotatable bonds is 10. The number of hydrogen-bond donors (Lipinski definition) is 3. The fourth-order valence-electron chi connectivity index (χ4n) is 5.00. The minimum Gasteiger partial charge on any atom is -0.383 e. The zero-order valence-electron chi connectivity index (χ0n) is 21.1. The van der Waals surface area contributed by atoms with E-state index in [9.17, 15) is 4.39 Å². The predicted octanol–water partition coefficient (Wildman–Crippen LogP) is 4.25. The monoisotopic (exact) mass is 486 g/mol. The Labute approximate surface area is 207 Å². The highest BCUT2D eigenvalue weighted by Gasteiger charge is 2.27. The van der Waals surface area contributed by atoms with Crippen LogP contribution in [-0.4, -0.2) is 66.8 Å². The zero-order chi connectivity index (χ0) is 24.7. The lowest BCUT2D eigenvalue weighted by Crippen LogP contribution is -2.42. The number of halogens is 1. The minimum absolute atomic E-state index is 0.158. The molecule has 2 aromatic rings. The van der Waals surface area contributed by atoms with Gasteiger partial charge in [0.05, 0.1) is 19.0 Å². The van der Waals surface area contributed by atoms with E-state index in [2.05, 4.69) is 45.0 Å². The van der Waals surface area contributed by atoms with Crippen LogP contribution in [0.2, 0.25) is 0 Å². The Kier molecular flexibility index (Phi) is 8.86. The van der Waals surface area contributed by atoms with Crippen LogP contribution in [0.1, 0.15) is 52.4 Å². The van der Waals surface area contributed by atoms with Crippen molar-refractivity contribution in [3.05, 3.63) is 30.3 Å². The standard InChI is InChI=1S/C26H39FN6O2/c1-18(16-34-3)31-20-4-6-21(7-5-20)32-24-13-22(23(27)15-28-24)19-12-25(33-30-14-19)29-17-26(2)8-10-35-11-9-26/h12-15,18,20-21,31H,4-11,16-17H2,1-3H3,(H,28,32)(H,29,33)/t18-,20?,21?/m0/s1. The first-order valence-electron chi connectivity index (χ1n) is 12.8. The molecule has 8 nitrogen and oxygen atoms in total. The van der Waals surface area contributed by atoms with E-state index >= 15 is 0 Å². The summed E-state index contributed by atoms with van der Waals surface area (Å²) in [6.07, 6.45) is 9.16. The first-order valence-corrected chi connectivity index (χ1v) is 12.8. The summed E-state index contributed by atoms with van der Waals surface area (Å²) in [5.74, 6) is 0.965. The van der Waals surface area contributed by atoms with Crippen LogP contribution >= 0.6 is 0 Å². The molecule has 2 aliphatic rings. The molecule has 4 rings (SSSR count). The molecule has 3 heterocycles. The second-order valence-corrected chi connectivity index (χ2v) is 10.4. The smallest absolute Gasteiger partial charge is 0.149 e. The Bertz CT molecular complexity index is 947. The molecule has 2 aromatic heterocycles. The molecule has 1 atom stereocenters. The Morgan fingerprint density at radius 1 is 1.11 bits per heavy atom. The summed E-state index contributed by atoms with van der Waals surface area (Å²) in [7, 11) is 1.73. The molecular weight excluding hydrogens is 447 g/mol. The van der Waals surface area contributed by atoms with Crippen LogP contribution in [0.4, 0.5) is 16.0 Å². The molecule has 1 saturated carbocycles. The highest BCUT2D eigenvalue weighted by Crippen LogP contribution is 2.31. The van der Waals surface area contributed by atoms with Crippen LogP contribution in [0, 0.1) is 11.2 Å². The fourth-order valence-corrected chi connectivity index (χ4v) is 5.00. The number of nitrogens with one attached hydrogen (secondary N) is 3. The van der Waals surface area contributed by atoms with E-state index in [-0.39, 0.29) is 11.2 Å². The molecule has 9 heteroatoms. The zero-order valence-corrected chi connectivity index (χ0v) is 21.1. The van der Waals surface area contributed by atoms with Crippen LogP contribution in [-0.2, 0) is 9.47 Å². The second kappa shape index (κ2) is 12.1. The summed E-state index contributed by atoms with van der Waals surface area (Å²) in [6.45, 7) is 7.47. The minimum atomic E-state index is -0.370. The SMILES string of the molecule is COC[C@H](C)NC1CCC(Nc2cc(-c3cnnc(NCC4(C)CCOCC4)c3)c(F)cn2)CC1. The van der Waals surface area contributed by atoms with Crippen molar-refractivity contribution >= 4 is 11.6 Å². The normalized spacial score (nSPS) is 23.0. The summed E-state index contributed by atoms with van der Waals surface area (Å²) < 4.78 is 25.5. The van der Waals surface area contributed by atoms with Gasteiger partial charge < -0.3 is 25.4 Å². The van der Waals surface area contributed by atoms with Crippen molar-refractivity contribution in [1.82, 2.24) is 20.5 Å². The van der Waals surface area contributed by atoms with Crippen LogP contribution in [0.5, 0.6) is 0 Å². The van der Waals surface area contributed by atoms with Crippen molar-refractivity contribution in [2.24, 2.45) is 5.41 Å². The van der Waals surface area contributed by atoms with Crippen molar-refractivity contribution in [2.45, 2.75) is 70.5 Å². The van der Waals surface area contributed by atoms with Gasteiger partial charge in [0.2, 0.25) is 0 Å². The van der Waals surface area contributed by atoms with Gasteiger partial charge in [-0.3, -0.25) is 0 Å². The molecule has 0 radical (unpaired) electrons. The molecule has 0 spiro atoms. The molecule has 1 saturated heterocycles. The molecule has 0 amide bonds. The van der Waals surface area contributed by atoms with E-state index in [0.717, 1.165) is 64.9 Å². The number of aromatic nitrogens is 3. The van der Waals surface area contributed by atoms with E-state index in [1.807, 2.05) is 6.07 Å². The van der Waals surface area contributed by atoms with Crippen molar-refractivity contribution in [3.8, 4) is 11.1 Å². The molecule has 0 bridgehead atoms. The molecule has 1 aliphatic carbocycles. The summed E-state index contributed by atoms with van der Waals surface area (Å²) in [5.41, 5.74) is 1.31. The van der Waals surface area contributed by atoms with Crippen molar-refractivity contribution in [1.29, 1.82) is 0 Å². The number of nitrogens with zero attached hydrogens (tertiary/aromatic N) is 3. The quantitative estimate of drug-likeness (QED) is 0.459. The maximum atomic E-state index is 14.7. The van der Waals surface area contributed by atoms with Gasteiger partial charge in [-0.2, -0.15) is 5.10 Å². The topological polar surface area (TPSA) is 93.2 Å². The average molecular weight is 487 g/mol. The van der Waals surface area contributed by atoms with Crippen molar-refractivity contribution in [2.75, 3.05) is 44.1 Å². The van der Waals surface area contributed by atoms with E-state index < -0.39 is 0 Å². The maximum absolute atomic E-state index is 14.7. The fraction of sp³-hybridized carbons (Fsp3) is 0.654. The lowest BCUT2D eigenvalue weighted by atomic mass is 9.82. The summed E-state index contributed by atoms with van der Waals surface area (Å²) >= 11 is 0. The lowest BCUT2D eigenvalue weighted by molar-refractivity contribution is 0.0299. The molecule has 192 valence electrons. The first-order chi connectivity index (χ1) is 16.9. The largest absolute Gasteiger partial charge is 0.383 e. The van der Waals surface area contributed by atoms with Gasteiger partial charge in [-0.15, -0.1) is 5.10 Å². The number of hydrogen-bond acceptors (Lipinski definition) is 8. The molecule has 2 fully saturated rings. The first kappa shape index (κ1) is 25.7. The van der Waals surface area contributed by atoms with Gasteiger partial charge in [-0.1, -0.05) is 6.92 Å². The second-order valence-electron chi connectivity index (χ2n) is 10.4. The number of pyridine rings is 1. The summed E-state index contributed by atoms with van der Waals surface area (Å²) in [5, 5.41) is 18.9. The predicted molar refractivity (Wildman–Crippen MR) is 136 cm³/mol. The molecular formula is C26H39FN6O2. The van der Waals surface area contributed by atoms with E-state index in [4.69, 9.17) is 9.47 Å². The van der Waals surface area contributed by atoms with Gasteiger partial charge in [0, 0.05) is 56.1 Å². The Hall–Kier alpha value is -2.36. The third-order valence-electron chi connectivity index (χ3n) is 7.23. The molecule has 3 N–H and O–H groups in total. The van der Waals surface area contributed by atoms with Gasteiger partial charge >= 0.3 is 0 Å². The van der Waals surface area contributed by atoms with Crippen LogP contribution < -0.4 is 16.0 Å². The van der Waals surface area contributed by atoms with Crippen molar-refractivity contribution < 1.29 is 13.9 Å². The maximum Gasteiger partial charge on any atom is 0.149 e. The van der Waals surface area contributed by atoms with Gasteiger partial charge in [-0.25, -0.2) is 9.37 Å². The summed E-state index contributed by atoms with van der Waals surface area (Å²) in [6, 6.07) is 4.82. The third-order valence-corrected chi connectivity index (χ3v) is 7.23. The van der Waals surface area contributed by atoms with E-state index in [1.165, 1.54) is 6.20 Å². The van der Waals surface area contributed by atoms with E-state index in [0.29, 0.717) is 40.9 Å². The van der Waals surface area contributed by atoms with Gasteiger partial charge in [0.15, 0.2) is 0 Å². The number of anilines is 2. The molecule has 0 unspecified atom stereocenters. The Balaban J connectivity index is 1.36. The molecule has 0 aromatic carbocycles. The number of methoxy groups -OCH3 is 1. The van der Waals surface area contributed by atoms with Gasteiger partial charge in [-0.05, 0) is 63.0 Å². The van der Waals surface area contributed by atoms with Crippen molar-refractivity contribution in [3.63, 3.8) is 0 Å². The molecule has 35 heavy (non-hydrogen) atoms. The number of ether oxygens (including phenoxy) is 2. The van der Waals surface area contributed by atoms with Crippen LogP contribution in [0.25, 0.3) is 11.1 Å². The van der Waals surface area contributed by atoms with Crippen LogP contribution in [0.3, 0.4) is 0 Å². The molecule has 1 aliphatic heterocycles. The Morgan fingerprint density at radius 2 is 1.86 bits per heavy atom. The lowest BCUT2D eigenvalue weighted by Gasteiger charge is -2.33. The third kappa shape index (κ3) is 7.32. The Morgan fingerprint density at radius 3 is 2.60 bits per heavy atom.